The molecule has 1 N–H and O–H groups in total. The first-order chi connectivity index (χ1) is 6.91. The van der Waals surface area contributed by atoms with Gasteiger partial charge in [-0.1, -0.05) is 13.8 Å². The highest BCUT2D eigenvalue weighted by Gasteiger charge is 2.42. The molecule has 0 bridgehead atoms. The van der Waals surface area contributed by atoms with Gasteiger partial charge in [-0.3, -0.25) is 9.59 Å². The van der Waals surface area contributed by atoms with Crippen LogP contribution in [0.4, 0.5) is 0 Å². The van der Waals surface area contributed by atoms with Crippen LogP contribution >= 0.6 is 0 Å². The second-order valence-electron chi connectivity index (χ2n) is 4.04. The van der Waals surface area contributed by atoms with E-state index >= 15 is 0 Å². The van der Waals surface area contributed by atoms with Gasteiger partial charge in [-0.15, -0.1) is 0 Å². The van der Waals surface area contributed by atoms with Crippen LogP contribution in [0.3, 0.4) is 0 Å². The van der Waals surface area contributed by atoms with Crippen LogP contribution in [0.5, 0.6) is 0 Å². The van der Waals surface area contributed by atoms with E-state index in [1.54, 1.807) is 0 Å². The number of ether oxygens (including phenoxy) is 2. The third kappa shape index (κ3) is 2.92. The second-order valence-corrected chi connectivity index (χ2v) is 4.04. The summed E-state index contributed by atoms with van der Waals surface area (Å²) in [4.78, 5) is 21.8. The summed E-state index contributed by atoms with van der Waals surface area (Å²) in [7, 11) is 0. The Balaban J connectivity index is 2.68. The SMILES string of the molecule is CC(=O)O[C@@H]1CC(=O)O[C@@H]1[C@H](O)C(C)C. The van der Waals surface area contributed by atoms with Crippen LogP contribution in [0.2, 0.25) is 0 Å². The van der Waals surface area contributed by atoms with E-state index in [1.807, 2.05) is 13.8 Å². The summed E-state index contributed by atoms with van der Waals surface area (Å²) in [5, 5.41) is 9.76. The van der Waals surface area contributed by atoms with Crippen LogP contribution in [0.25, 0.3) is 0 Å². The van der Waals surface area contributed by atoms with Crippen LogP contribution in [-0.4, -0.2) is 35.4 Å². The largest absolute Gasteiger partial charge is 0.458 e. The zero-order valence-corrected chi connectivity index (χ0v) is 9.10. The van der Waals surface area contributed by atoms with Crippen LogP contribution in [0.1, 0.15) is 27.2 Å². The van der Waals surface area contributed by atoms with Gasteiger partial charge in [-0.2, -0.15) is 0 Å². The molecule has 1 fully saturated rings. The van der Waals surface area contributed by atoms with Gasteiger partial charge in [0.2, 0.25) is 0 Å². The lowest BCUT2D eigenvalue weighted by molar-refractivity contribution is -0.158. The number of hydrogen-bond donors (Lipinski definition) is 1. The van der Waals surface area contributed by atoms with E-state index in [0.29, 0.717) is 0 Å². The molecule has 86 valence electrons. The standard InChI is InChI=1S/C10H16O5/c1-5(2)9(13)10-7(14-6(3)11)4-8(12)15-10/h5,7,9-10,13H,4H2,1-3H3/t7-,9-,10+/m1/s1. The molecule has 3 atom stereocenters. The van der Waals surface area contributed by atoms with Gasteiger partial charge < -0.3 is 14.6 Å². The summed E-state index contributed by atoms with van der Waals surface area (Å²) in [5.74, 6) is -0.968. The third-order valence-electron chi connectivity index (χ3n) is 2.34. The fraction of sp³-hybridized carbons (Fsp3) is 0.800. The number of carbonyl (C=O) groups excluding carboxylic acids is 2. The fourth-order valence-corrected chi connectivity index (χ4v) is 1.55. The molecule has 0 spiro atoms. The van der Waals surface area contributed by atoms with Gasteiger partial charge in [0.1, 0.15) is 0 Å². The molecule has 1 aliphatic heterocycles. The predicted molar refractivity (Wildman–Crippen MR) is 50.9 cm³/mol. The van der Waals surface area contributed by atoms with Crippen LogP contribution in [0, 0.1) is 5.92 Å². The molecular weight excluding hydrogens is 200 g/mol. The van der Waals surface area contributed by atoms with E-state index in [2.05, 4.69) is 0 Å². The second kappa shape index (κ2) is 4.61. The van der Waals surface area contributed by atoms with Crippen molar-refractivity contribution in [2.75, 3.05) is 0 Å². The van der Waals surface area contributed by atoms with Gasteiger partial charge in [0.05, 0.1) is 12.5 Å². The maximum Gasteiger partial charge on any atom is 0.310 e. The van der Waals surface area contributed by atoms with Gasteiger partial charge in [0.25, 0.3) is 0 Å². The van der Waals surface area contributed by atoms with Gasteiger partial charge in [0, 0.05) is 6.92 Å². The fourth-order valence-electron chi connectivity index (χ4n) is 1.55. The highest BCUT2D eigenvalue weighted by molar-refractivity contribution is 5.74. The van der Waals surface area contributed by atoms with E-state index in [4.69, 9.17) is 9.47 Å². The zero-order valence-electron chi connectivity index (χ0n) is 9.10. The molecule has 0 radical (unpaired) electrons. The first-order valence-electron chi connectivity index (χ1n) is 4.96. The van der Waals surface area contributed by atoms with Gasteiger partial charge in [-0.25, -0.2) is 0 Å². The lowest BCUT2D eigenvalue weighted by Crippen LogP contribution is -2.39. The van der Waals surface area contributed by atoms with Crippen molar-refractivity contribution in [1.82, 2.24) is 0 Å². The molecule has 0 unspecified atom stereocenters. The topological polar surface area (TPSA) is 72.8 Å². The summed E-state index contributed by atoms with van der Waals surface area (Å²) >= 11 is 0. The molecule has 1 rings (SSSR count). The molecule has 1 heterocycles. The number of rotatable bonds is 3. The minimum absolute atomic E-state index is 0.0219. The maximum atomic E-state index is 11.0. The van der Waals surface area contributed by atoms with Crippen molar-refractivity contribution < 1.29 is 24.2 Å². The molecule has 0 amide bonds. The first kappa shape index (κ1) is 12.0. The minimum atomic E-state index is -0.805. The van der Waals surface area contributed by atoms with Crippen LogP contribution < -0.4 is 0 Å². The van der Waals surface area contributed by atoms with E-state index < -0.39 is 30.3 Å². The summed E-state index contributed by atoms with van der Waals surface area (Å²) in [5.41, 5.74) is 0. The van der Waals surface area contributed by atoms with Crippen molar-refractivity contribution in [3.8, 4) is 0 Å². The summed E-state index contributed by atoms with van der Waals surface area (Å²) in [6, 6.07) is 0. The summed E-state index contributed by atoms with van der Waals surface area (Å²) in [6.07, 6.45) is -2.18. The van der Waals surface area contributed by atoms with Crippen LogP contribution in [0.15, 0.2) is 0 Å². The van der Waals surface area contributed by atoms with Crippen molar-refractivity contribution in [3.05, 3.63) is 0 Å². The molecule has 0 aromatic heterocycles. The average Bonchev–Trinajstić information content (AvgIpc) is 2.44. The number of cyclic esters (lactones) is 1. The lowest BCUT2D eigenvalue weighted by atomic mass is 9.98. The average molecular weight is 216 g/mol. The van der Waals surface area contributed by atoms with Crippen molar-refractivity contribution in [3.63, 3.8) is 0 Å². The van der Waals surface area contributed by atoms with Gasteiger partial charge >= 0.3 is 11.9 Å². The number of hydrogen-bond acceptors (Lipinski definition) is 5. The van der Waals surface area contributed by atoms with Gasteiger partial charge in [0.15, 0.2) is 12.2 Å². The Hall–Kier alpha value is -1.10. The quantitative estimate of drug-likeness (QED) is 0.684. The van der Waals surface area contributed by atoms with Crippen molar-refractivity contribution in [2.45, 2.75) is 45.5 Å². The van der Waals surface area contributed by atoms with E-state index in [1.165, 1.54) is 6.92 Å². The molecule has 0 aliphatic carbocycles. The number of carbonyl (C=O) groups is 2. The number of aliphatic hydroxyl groups excluding tert-OH is 1. The highest BCUT2D eigenvalue weighted by atomic mass is 16.6. The Kier molecular flexibility index (Phi) is 3.68. The minimum Gasteiger partial charge on any atom is -0.458 e. The summed E-state index contributed by atoms with van der Waals surface area (Å²) < 4.78 is 9.85. The Morgan fingerprint density at radius 3 is 2.67 bits per heavy atom. The molecule has 15 heavy (non-hydrogen) atoms. The lowest BCUT2D eigenvalue weighted by Gasteiger charge is -2.24. The van der Waals surface area contributed by atoms with Crippen molar-refractivity contribution in [1.29, 1.82) is 0 Å². The van der Waals surface area contributed by atoms with E-state index in [0.717, 1.165) is 0 Å². The van der Waals surface area contributed by atoms with Crippen molar-refractivity contribution in [2.24, 2.45) is 5.92 Å². The normalized spacial score (nSPS) is 27.7. The number of aliphatic hydroxyl groups is 1. The zero-order chi connectivity index (χ0) is 11.6. The van der Waals surface area contributed by atoms with E-state index in [-0.39, 0.29) is 12.3 Å². The van der Waals surface area contributed by atoms with Crippen LogP contribution in [-0.2, 0) is 19.1 Å². The summed E-state index contributed by atoms with van der Waals surface area (Å²) in [6.45, 7) is 4.88. The monoisotopic (exact) mass is 216 g/mol. The third-order valence-corrected chi connectivity index (χ3v) is 2.34. The Morgan fingerprint density at radius 2 is 2.20 bits per heavy atom. The maximum absolute atomic E-state index is 11.0. The first-order valence-corrected chi connectivity index (χ1v) is 4.96. The predicted octanol–water partition coefficient (Wildman–Crippen LogP) is 0.250. The Morgan fingerprint density at radius 1 is 1.60 bits per heavy atom. The molecule has 1 saturated heterocycles. The molecule has 0 saturated carbocycles. The molecule has 5 heteroatoms. The van der Waals surface area contributed by atoms with Crippen molar-refractivity contribution >= 4 is 11.9 Å². The molecule has 0 aromatic carbocycles. The Labute approximate surface area is 88.4 Å². The molecule has 0 aromatic rings. The Bertz CT molecular complexity index is 261. The molecule has 5 nitrogen and oxygen atoms in total. The molecular formula is C10H16O5. The van der Waals surface area contributed by atoms with Gasteiger partial charge in [-0.05, 0) is 5.92 Å². The van der Waals surface area contributed by atoms with E-state index in [9.17, 15) is 14.7 Å². The molecule has 1 aliphatic rings. The smallest absolute Gasteiger partial charge is 0.310 e. The number of esters is 2. The highest BCUT2D eigenvalue weighted by Crippen LogP contribution is 2.24.